The van der Waals surface area contributed by atoms with E-state index in [-0.39, 0.29) is 17.1 Å². The van der Waals surface area contributed by atoms with E-state index in [1.165, 1.54) is 19.3 Å². The van der Waals surface area contributed by atoms with E-state index in [0.717, 1.165) is 16.9 Å². The smallest absolute Gasteiger partial charge is 0.267 e. The van der Waals surface area contributed by atoms with Crippen molar-refractivity contribution in [2.45, 2.75) is 13.8 Å². The first-order valence-corrected chi connectivity index (χ1v) is 8.85. The maximum Gasteiger partial charge on any atom is 0.267 e. The third-order valence-corrected chi connectivity index (χ3v) is 4.23. The predicted molar refractivity (Wildman–Crippen MR) is 110 cm³/mol. The Kier molecular flexibility index (Phi) is 5.65. The normalized spacial score (nSPS) is 11.0. The summed E-state index contributed by atoms with van der Waals surface area (Å²) in [6.45, 7) is 3.81. The number of aryl methyl sites for hydroxylation is 2. The van der Waals surface area contributed by atoms with Crippen LogP contribution in [-0.2, 0) is 4.79 Å². The molecule has 7 nitrogen and oxygen atoms in total. The Labute approximate surface area is 168 Å². The van der Waals surface area contributed by atoms with Crippen LogP contribution in [0.1, 0.15) is 16.8 Å². The third-order valence-electron chi connectivity index (χ3n) is 4.23. The van der Waals surface area contributed by atoms with Crippen molar-refractivity contribution in [2.75, 3.05) is 12.4 Å². The molecule has 2 aromatic carbocycles. The standard InChI is InChI=1S/C22H20N4O3/c1-14-4-7-18(8-5-14)26-21(10-15(2)25-26)24-22(28)17(13-23)11-16-6-9-19(27)20(12-16)29-3/h4-12,27H,1-3H3,(H,24,28)/b17-11+. The quantitative estimate of drug-likeness (QED) is 0.512. The molecule has 3 rings (SSSR count). The van der Waals surface area contributed by atoms with Crippen LogP contribution in [0.2, 0.25) is 0 Å². The molecule has 0 spiro atoms. The molecule has 0 bridgehead atoms. The number of phenols is 1. The molecule has 1 amide bonds. The lowest BCUT2D eigenvalue weighted by molar-refractivity contribution is -0.112. The first-order valence-electron chi connectivity index (χ1n) is 8.85. The van der Waals surface area contributed by atoms with E-state index in [4.69, 9.17) is 4.74 Å². The van der Waals surface area contributed by atoms with E-state index < -0.39 is 5.91 Å². The maximum atomic E-state index is 12.7. The van der Waals surface area contributed by atoms with Gasteiger partial charge in [0.2, 0.25) is 0 Å². The fourth-order valence-corrected chi connectivity index (χ4v) is 2.75. The van der Waals surface area contributed by atoms with Crippen LogP contribution in [0.5, 0.6) is 11.5 Å². The van der Waals surface area contributed by atoms with Crippen molar-refractivity contribution in [3.63, 3.8) is 0 Å². The van der Waals surface area contributed by atoms with E-state index in [9.17, 15) is 15.2 Å². The number of amides is 1. The molecule has 0 unspecified atom stereocenters. The lowest BCUT2D eigenvalue weighted by Gasteiger charge is -2.09. The summed E-state index contributed by atoms with van der Waals surface area (Å²) in [4.78, 5) is 12.7. The molecule has 1 heterocycles. The number of rotatable bonds is 5. The average molecular weight is 388 g/mol. The Bertz CT molecular complexity index is 1120. The van der Waals surface area contributed by atoms with Crippen molar-refractivity contribution < 1.29 is 14.6 Å². The van der Waals surface area contributed by atoms with Crippen molar-refractivity contribution in [1.82, 2.24) is 9.78 Å². The molecule has 0 radical (unpaired) electrons. The van der Waals surface area contributed by atoms with Gasteiger partial charge in [-0.1, -0.05) is 23.8 Å². The summed E-state index contributed by atoms with van der Waals surface area (Å²) in [6, 6.07) is 15.9. The van der Waals surface area contributed by atoms with Crippen molar-refractivity contribution in [3.8, 4) is 23.3 Å². The minimum atomic E-state index is -0.562. The number of aromatic nitrogens is 2. The second-order valence-electron chi connectivity index (χ2n) is 6.47. The van der Waals surface area contributed by atoms with Gasteiger partial charge in [0.1, 0.15) is 17.5 Å². The average Bonchev–Trinajstić information content (AvgIpc) is 3.07. The lowest BCUT2D eigenvalue weighted by Crippen LogP contribution is -2.16. The van der Waals surface area contributed by atoms with Crippen LogP contribution in [0.4, 0.5) is 5.82 Å². The number of nitriles is 1. The summed E-state index contributed by atoms with van der Waals surface area (Å²) in [7, 11) is 1.43. The molecule has 7 heteroatoms. The number of phenolic OH excluding ortho intramolecular Hbond substituents is 1. The molecular formula is C22H20N4O3. The number of carbonyl (C=O) groups excluding carboxylic acids is 1. The predicted octanol–water partition coefficient (Wildman–Crippen LogP) is 3.75. The molecule has 146 valence electrons. The molecule has 0 saturated carbocycles. The van der Waals surface area contributed by atoms with E-state index >= 15 is 0 Å². The Hall–Kier alpha value is -4.05. The zero-order valence-corrected chi connectivity index (χ0v) is 16.3. The van der Waals surface area contributed by atoms with Gasteiger partial charge in [0.25, 0.3) is 5.91 Å². The number of anilines is 1. The first-order chi connectivity index (χ1) is 13.9. The third kappa shape index (κ3) is 4.45. The van der Waals surface area contributed by atoms with Crippen molar-refractivity contribution in [2.24, 2.45) is 0 Å². The number of aromatic hydroxyl groups is 1. The van der Waals surface area contributed by atoms with Crippen LogP contribution in [0.15, 0.2) is 54.1 Å². The second kappa shape index (κ2) is 8.31. The van der Waals surface area contributed by atoms with Crippen molar-refractivity contribution >= 4 is 17.8 Å². The highest BCUT2D eigenvalue weighted by Crippen LogP contribution is 2.27. The van der Waals surface area contributed by atoms with E-state index in [1.54, 1.807) is 22.9 Å². The van der Waals surface area contributed by atoms with Crippen LogP contribution in [0.25, 0.3) is 11.8 Å². The minimum absolute atomic E-state index is 0.0231. The van der Waals surface area contributed by atoms with E-state index in [2.05, 4.69) is 10.4 Å². The zero-order valence-electron chi connectivity index (χ0n) is 16.3. The van der Waals surface area contributed by atoms with Crippen LogP contribution >= 0.6 is 0 Å². The number of hydrogen-bond donors (Lipinski definition) is 2. The minimum Gasteiger partial charge on any atom is -0.504 e. The fourth-order valence-electron chi connectivity index (χ4n) is 2.75. The molecule has 29 heavy (non-hydrogen) atoms. The van der Waals surface area contributed by atoms with Gasteiger partial charge in [0.15, 0.2) is 11.5 Å². The number of carbonyl (C=O) groups is 1. The number of hydrogen-bond acceptors (Lipinski definition) is 5. The fraction of sp³-hybridized carbons (Fsp3) is 0.136. The molecular weight excluding hydrogens is 368 g/mol. The molecule has 0 saturated heterocycles. The van der Waals surface area contributed by atoms with Gasteiger partial charge < -0.3 is 15.2 Å². The van der Waals surface area contributed by atoms with Crippen LogP contribution in [0, 0.1) is 25.2 Å². The van der Waals surface area contributed by atoms with E-state index in [0.29, 0.717) is 11.4 Å². The van der Waals surface area contributed by atoms with Crippen molar-refractivity contribution in [1.29, 1.82) is 5.26 Å². The molecule has 0 fully saturated rings. The van der Waals surface area contributed by atoms with Gasteiger partial charge in [-0.15, -0.1) is 0 Å². The highest BCUT2D eigenvalue weighted by atomic mass is 16.5. The van der Waals surface area contributed by atoms with Gasteiger partial charge in [0.05, 0.1) is 18.5 Å². The second-order valence-corrected chi connectivity index (χ2v) is 6.47. The lowest BCUT2D eigenvalue weighted by atomic mass is 10.1. The number of nitrogens with one attached hydrogen (secondary N) is 1. The number of benzene rings is 2. The van der Waals surface area contributed by atoms with Gasteiger partial charge in [-0.25, -0.2) is 4.68 Å². The molecule has 2 N–H and O–H groups in total. The summed E-state index contributed by atoms with van der Waals surface area (Å²) in [5, 5.41) is 26.3. The van der Waals surface area contributed by atoms with Crippen LogP contribution in [0.3, 0.4) is 0 Å². The first kappa shape index (κ1) is 19.7. The van der Waals surface area contributed by atoms with Gasteiger partial charge in [-0.3, -0.25) is 4.79 Å². The van der Waals surface area contributed by atoms with Gasteiger partial charge in [0, 0.05) is 6.07 Å². The molecule has 0 aliphatic carbocycles. The van der Waals surface area contributed by atoms with Crippen molar-refractivity contribution in [3.05, 3.63) is 70.9 Å². The summed E-state index contributed by atoms with van der Waals surface area (Å²) >= 11 is 0. The topological polar surface area (TPSA) is 100 Å². The summed E-state index contributed by atoms with van der Waals surface area (Å²) in [6.07, 6.45) is 1.43. The van der Waals surface area contributed by atoms with Gasteiger partial charge in [-0.2, -0.15) is 10.4 Å². The van der Waals surface area contributed by atoms with Gasteiger partial charge >= 0.3 is 0 Å². The Morgan fingerprint density at radius 1 is 1.21 bits per heavy atom. The Morgan fingerprint density at radius 3 is 2.59 bits per heavy atom. The molecule has 3 aromatic rings. The Balaban J connectivity index is 1.89. The SMILES string of the molecule is COc1cc(/C=C(\C#N)C(=O)Nc2cc(C)nn2-c2ccc(C)cc2)ccc1O. The highest BCUT2D eigenvalue weighted by molar-refractivity contribution is 6.09. The number of ether oxygens (including phenoxy) is 1. The van der Waals surface area contributed by atoms with Crippen LogP contribution in [-0.4, -0.2) is 27.9 Å². The molecule has 0 aliphatic heterocycles. The zero-order chi connectivity index (χ0) is 21.0. The number of methoxy groups -OCH3 is 1. The monoisotopic (exact) mass is 388 g/mol. The molecule has 1 aromatic heterocycles. The summed E-state index contributed by atoms with van der Waals surface area (Å²) in [5.41, 5.74) is 3.10. The molecule has 0 aliphatic rings. The number of nitrogens with zero attached hydrogens (tertiary/aromatic N) is 3. The largest absolute Gasteiger partial charge is 0.504 e. The summed E-state index contributed by atoms with van der Waals surface area (Å²) in [5.74, 6) is 0.128. The van der Waals surface area contributed by atoms with Gasteiger partial charge in [-0.05, 0) is 49.8 Å². The molecule has 0 atom stereocenters. The summed E-state index contributed by atoms with van der Waals surface area (Å²) < 4.78 is 6.67. The van der Waals surface area contributed by atoms with Crippen LogP contribution < -0.4 is 10.1 Å². The highest BCUT2D eigenvalue weighted by Gasteiger charge is 2.15. The van der Waals surface area contributed by atoms with E-state index in [1.807, 2.05) is 44.2 Å². The Morgan fingerprint density at radius 2 is 1.93 bits per heavy atom. The maximum absolute atomic E-state index is 12.7.